The minimum Gasteiger partial charge on any atom is -0.377 e. The minimum absolute atomic E-state index is 0.450. The second-order valence-corrected chi connectivity index (χ2v) is 4.36. The summed E-state index contributed by atoms with van der Waals surface area (Å²) in [6.07, 6.45) is 4.03. The third kappa shape index (κ3) is 3.81. The molecule has 1 aromatic heterocycles. The summed E-state index contributed by atoms with van der Waals surface area (Å²) in [5.74, 6) is 0.766. The first kappa shape index (κ1) is 12.0. The Balaban J connectivity index is 1.68. The van der Waals surface area contributed by atoms with Crippen LogP contribution in [0.25, 0.3) is 0 Å². The topological polar surface area (TPSA) is 57.9 Å². The Kier molecular flexibility index (Phi) is 4.48. The molecule has 1 N–H and O–H groups in total. The number of hydrogen-bond donors (Lipinski definition) is 1. The zero-order valence-corrected chi connectivity index (χ0v) is 9.85. The predicted octanol–water partition coefficient (Wildman–Crippen LogP) is 1.47. The smallest absolute Gasteiger partial charge is 0.140 e. The monoisotopic (exact) mass is 231 g/mol. The van der Waals surface area contributed by atoms with Crippen molar-refractivity contribution in [3.63, 3.8) is 0 Å². The molecule has 4 heteroatoms. The molecule has 90 valence electrons. The van der Waals surface area contributed by atoms with E-state index in [2.05, 4.69) is 10.3 Å². The van der Waals surface area contributed by atoms with Gasteiger partial charge in [0.15, 0.2) is 0 Å². The molecule has 1 aliphatic heterocycles. The first-order valence-electron chi connectivity index (χ1n) is 6.02. The molecular formula is C13H17N3O. The number of rotatable bonds is 5. The fourth-order valence-electron chi connectivity index (χ4n) is 2.03. The van der Waals surface area contributed by atoms with Crippen molar-refractivity contribution in [2.24, 2.45) is 5.92 Å². The van der Waals surface area contributed by atoms with Gasteiger partial charge in [-0.2, -0.15) is 5.26 Å². The van der Waals surface area contributed by atoms with Gasteiger partial charge in [-0.15, -0.1) is 0 Å². The van der Waals surface area contributed by atoms with Crippen molar-refractivity contribution in [1.82, 2.24) is 10.3 Å². The van der Waals surface area contributed by atoms with E-state index in [-0.39, 0.29) is 0 Å². The first-order valence-corrected chi connectivity index (χ1v) is 6.02. The average Bonchev–Trinajstić information content (AvgIpc) is 2.88. The van der Waals surface area contributed by atoms with Crippen LogP contribution in [0, 0.1) is 17.2 Å². The second kappa shape index (κ2) is 6.33. The summed E-state index contributed by atoms with van der Waals surface area (Å²) < 4.78 is 5.62. The molecule has 1 fully saturated rings. The molecule has 1 unspecified atom stereocenters. The van der Waals surface area contributed by atoms with Crippen LogP contribution in [0.1, 0.15) is 24.1 Å². The lowest BCUT2D eigenvalue weighted by molar-refractivity contribution is 0.109. The molecule has 0 amide bonds. The highest BCUT2D eigenvalue weighted by Crippen LogP contribution is 2.12. The molecule has 1 saturated heterocycles. The van der Waals surface area contributed by atoms with E-state index in [9.17, 15) is 0 Å². The molecule has 0 saturated carbocycles. The maximum absolute atomic E-state index is 8.72. The molecule has 1 atom stereocenters. The van der Waals surface area contributed by atoms with Gasteiger partial charge in [-0.05, 0) is 49.5 Å². The number of nitriles is 1. The van der Waals surface area contributed by atoms with Crippen molar-refractivity contribution in [2.75, 3.05) is 19.7 Å². The fraction of sp³-hybridized carbons (Fsp3) is 0.538. The van der Waals surface area contributed by atoms with Gasteiger partial charge < -0.3 is 10.1 Å². The van der Waals surface area contributed by atoms with Gasteiger partial charge in [-0.25, -0.2) is 4.98 Å². The Morgan fingerprint density at radius 1 is 1.59 bits per heavy atom. The minimum atomic E-state index is 0.450. The third-order valence-electron chi connectivity index (χ3n) is 3.04. The Labute approximate surface area is 102 Å². The maximum Gasteiger partial charge on any atom is 0.140 e. The molecule has 17 heavy (non-hydrogen) atoms. The second-order valence-electron chi connectivity index (χ2n) is 4.36. The van der Waals surface area contributed by atoms with E-state index in [0.29, 0.717) is 12.3 Å². The fourth-order valence-corrected chi connectivity index (χ4v) is 2.03. The molecule has 2 rings (SSSR count). The predicted molar refractivity (Wildman–Crippen MR) is 64.2 cm³/mol. The summed E-state index contributed by atoms with van der Waals surface area (Å²) >= 11 is 0. The largest absolute Gasteiger partial charge is 0.377 e. The standard InChI is InChI=1S/C13H17N3O/c14-8-13-7-12(2-5-16-13)10-17-6-3-11-1-4-15-9-11/h2,5,7,11,15H,1,3-4,6,9-10H2. The highest BCUT2D eigenvalue weighted by Gasteiger charge is 2.13. The van der Waals surface area contributed by atoms with Gasteiger partial charge in [0.1, 0.15) is 11.8 Å². The Hall–Kier alpha value is -1.44. The SMILES string of the molecule is N#Cc1cc(COCCC2CCNC2)ccn1. The Morgan fingerprint density at radius 2 is 2.53 bits per heavy atom. The summed E-state index contributed by atoms with van der Waals surface area (Å²) in [4.78, 5) is 3.92. The van der Waals surface area contributed by atoms with Crippen molar-refractivity contribution in [3.8, 4) is 6.07 Å². The summed E-state index contributed by atoms with van der Waals surface area (Å²) in [6.45, 7) is 3.62. The third-order valence-corrected chi connectivity index (χ3v) is 3.04. The molecule has 1 aliphatic rings. The van der Waals surface area contributed by atoms with Crippen LogP contribution in [0.15, 0.2) is 18.3 Å². The number of aromatic nitrogens is 1. The zero-order valence-electron chi connectivity index (χ0n) is 9.85. The molecule has 0 radical (unpaired) electrons. The van der Waals surface area contributed by atoms with Crippen molar-refractivity contribution in [3.05, 3.63) is 29.6 Å². The first-order chi connectivity index (χ1) is 8.38. The normalized spacial score (nSPS) is 19.1. The number of pyridine rings is 1. The number of nitrogens with one attached hydrogen (secondary N) is 1. The van der Waals surface area contributed by atoms with Crippen molar-refractivity contribution < 1.29 is 4.74 Å². The molecule has 0 aliphatic carbocycles. The lowest BCUT2D eigenvalue weighted by Crippen LogP contribution is -2.10. The highest BCUT2D eigenvalue weighted by molar-refractivity contribution is 5.24. The molecule has 0 spiro atoms. The number of hydrogen-bond acceptors (Lipinski definition) is 4. The van der Waals surface area contributed by atoms with E-state index in [1.807, 2.05) is 12.1 Å². The van der Waals surface area contributed by atoms with Crippen LogP contribution in [-0.2, 0) is 11.3 Å². The van der Waals surface area contributed by atoms with E-state index >= 15 is 0 Å². The maximum atomic E-state index is 8.72. The van der Waals surface area contributed by atoms with Gasteiger partial charge >= 0.3 is 0 Å². The van der Waals surface area contributed by atoms with Crippen LogP contribution in [0.4, 0.5) is 0 Å². The van der Waals surface area contributed by atoms with Crippen molar-refractivity contribution >= 4 is 0 Å². The molecule has 2 heterocycles. The molecule has 0 aromatic carbocycles. The summed E-state index contributed by atoms with van der Waals surface area (Å²) in [6, 6.07) is 5.69. The van der Waals surface area contributed by atoms with Gasteiger partial charge in [0.25, 0.3) is 0 Å². The quantitative estimate of drug-likeness (QED) is 0.780. The number of nitrogens with zero attached hydrogens (tertiary/aromatic N) is 2. The summed E-state index contributed by atoms with van der Waals surface area (Å²) in [7, 11) is 0. The zero-order chi connectivity index (χ0) is 11.9. The summed E-state index contributed by atoms with van der Waals surface area (Å²) in [5, 5.41) is 12.1. The van der Waals surface area contributed by atoms with Gasteiger partial charge in [0.05, 0.1) is 6.61 Å². The van der Waals surface area contributed by atoms with E-state index in [1.54, 1.807) is 12.3 Å². The Morgan fingerprint density at radius 3 is 3.29 bits per heavy atom. The van der Waals surface area contributed by atoms with E-state index in [1.165, 1.54) is 6.42 Å². The van der Waals surface area contributed by atoms with Gasteiger partial charge in [-0.3, -0.25) is 0 Å². The van der Waals surface area contributed by atoms with Crippen LogP contribution in [0.3, 0.4) is 0 Å². The van der Waals surface area contributed by atoms with Gasteiger partial charge in [-0.1, -0.05) is 0 Å². The summed E-state index contributed by atoms with van der Waals surface area (Å²) in [5.41, 5.74) is 1.46. The molecular weight excluding hydrogens is 214 g/mol. The lowest BCUT2D eigenvalue weighted by Gasteiger charge is -2.08. The van der Waals surface area contributed by atoms with Crippen LogP contribution >= 0.6 is 0 Å². The van der Waals surface area contributed by atoms with Crippen LogP contribution < -0.4 is 5.32 Å². The molecule has 4 nitrogen and oxygen atoms in total. The van der Waals surface area contributed by atoms with Crippen molar-refractivity contribution in [1.29, 1.82) is 5.26 Å². The van der Waals surface area contributed by atoms with Crippen LogP contribution in [0.2, 0.25) is 0 Å². The Bertz CT molecular complexity index is 394. The van der Waals surface area contributed by atoms with Crippen LogP contribution in [0.5, 0.6) is 0 Å². The average molecular weight is 231 g/mol. The van der Waals surface area contributed by atoms with E-state index < -0.39 is 0 Å². The van der Waals surface area contributed by atoms with Crippen molar-refractivity contribution in [2.45, 2.75) is 19.4 Å². The highest BCUT2D eigenvalue weighted by atomic mass is 16.5. The van der Waals surface area contributed by atoms with Gasteiger partial charge in [0.2, 0.25) is 0 Å². The number of ether oxygens (including phenoxy) is 1. The van der Waals surface area contributed by atoms with E-state index in [4.69, 9.17) is 10.00 Å². The molecule has 1 aromatic rings. The lowest BCUT2D eigenvalue weighted by atomic mass is 10.1. The van der Waals surface area contributed by atoms with E-state index in [0.717, 1.165) is 37.6 Å². The van der Waals surface area contributed by atoms with Gasteiger partial charge in [0, 0.05) is 12.8 Å². The van der Waals surface area contributed by atoms with Crippen LogP contribution in [-0.4, -0.2) is 24.7 Å². The molecule has 0 bridgehead atoms.